The number of ether oxygens (including phenoxy) is 1. The molecule has 1 aliphatic carbocycles. The second kappa shape index (κ2) is 6.45. The molecule has 0 bridgehead atoms. The molecule has 2 heterocycles. The van der Waals surface area contributed by atoms with Crippen molar-refractivity contribution in [2.24, 2.45) is 0 Å². The second-order valence-electron chi connectivity index (χ2n) is 6.98. The first-order chi connectivity index (χ1) is 12.9. The van der Waals surface area contributed by atoms with Crippen LogP contribution in [0.4, 0.5) is 10.1 Å². The van der Waals surface area contributed by atoms with Crippen molar-refractivity contribution in [1.82, 2.24) is 4.57 Å². The van der Waals surface area contributed by atoms with Crippen molar-refractivity contribution >= 4 is 28.5 Å². The molecule has 2 fully saturated rings. The number of fused-ring (bicyclic) bond motifs is 1. The quantitative estimate of drug-likeness (QED) is 0.868. The SMILES string of the molecule is COCc1c(N2CCCC2=O)c(F)cc2c(=O)c(C(=O)O)cn(C3CC3)c12. The van der Waals surface area contributed by atoms with Crippen molar-refractivity contribution in [2.45, 2.75) is 38.3 Å². The average Bonchev–Trinajstić information content (AvgIpc) is 3.38. The van der Waals surface area contributed by atoms with Gasteiger partial charge in [0, 0.05) is 43.3 Å². The molecule has 1 aliphatic heterocycles. The molecule has 27 heavy (non-hydrogen) atoms. The van der Waals surface area contributed by atoms with Crippen LogP contribution < -0.4 is 10.3 Å². The maximum Gasteiger partial charge on any atom is 0.341 e. The zero-order chi connectivity index (χ0) is 19.3. The molecular formula is C19H19FN2O5. The molecule has 1 aromatic heterocycles. The predicted molar refractivity (Wildman–Crippen MR) is 95.7 cm³/mol. The molecular weight excluding hydrogens is 355 g/mol. The Labute approximate surface area is 153 Å². The maximum absolute atomic E-state index is 15.0. The number of carbonyl (C=O) groups is 2. The number of nitrogens with zero attached hydrogens (tertiary/aromatic N) is 2. The number of hydrogen-bond donors (Lipinski definition) is 1. The summed E-state index contributed by atoms with van der Waals surface area (Å²) in [5.41, 5.74) is -0.134. The topological polar surface area (TPSA) is 88.8 Å². The fraction of sp³-hybridized carbons (Fsp3) is 0.421. The smallest absolute Gasteiger partial charge is 0.341 e. The minimum atomic E-state index is -1.34. The van der Waals surface area contributed by atoms with Gasteiger partial charge in [0.15, 0.2) is 0 Å². The summed E-state index contributed by atoms with van der Waals surface area (Å²) < 4.78 is 22.0. The van der Waals surface area contributed by atoms with E-state index in [-0.39, 0.29) is 35.2 Å². The van der Waals surface area contributed by atoms with E-state index in [2.05, 4.69) is 0 Å². The van der Waals surface area contributed by atoms with E-state index in [0.29, 0.717) is 30.5 Å². The fourth-order valence-corrected chi connectivity index (χ4v) is 3.81. The van der Waals surface area contributed by atoms with E-state index in [4.69, 9.17) is 4.74 Å². The van der Waals surface area contributed by atoms with Crippen LogP contribution in [0.25, 0.3) is 10.9 Å². The van der Waals surface area contributed by atoms with Crippen LogP contribution in [0.15, 0.2) is 17.1 Å². The number of methoxy groups -OCH3 is 1. The van der Waals surface area contributed by atoms with Gasteiger partial charge in [0.1, 0.15) is 11.4 Å². The number of amides is 1. The molecule has 8 heteroatoms. The number of pyridine rings is 1. The van der Waals surface area contributed by atoms with E-state index >= 15 is 4.39 Å². The Morgan fingerprint density at radius 1 is 1.37 bits per heavy atom. The molecule has 1 amide bonds. The highest BCUT2D eigenvalue weighted by atomic mass is 19.1. The van der Waals surface area contributed by atoms with Crippen LogP contribution in [0, 0.1) is 5.82 Å². The third-order valence-electron chi connectivity index (χ3n) is 5.14. The van der Waals surface area contributed by atoms with Crippen LogP contribution in [0.3, 0.4) is 0 Å². The van der Waals surface area contributed by atoms with E-state index in [1.165, 1.54) is 18.2 Å². The Morgan fingerprint density at radius 3 is 2.67 bits per heavy atom. The lowest BCUT2D eigenvalue weighted by Gasteiger charge is -2.24. The van der Waals surface area contributed by atoms with Gasteiger partial charge in [-0.1, -0.05) is 0 Å². The minimum Gasteiger partial charge on any atom is -0.477 e. The highest BCUT2D eigenvalue weighted by Gasteiger charge is 2.33. The zero-order valence-electron chi connectivity index (χ0n) is 14.8. The fourth-order valence-electron chi connectivity index (χ4n) is 3.81. The molecule has 0 unspecified atom stereocenters. The van der Waals surface area contributed by atoms with Gasteiger partial charge in [-0.3, -0.25) is 9.59 Å². The lowest BCUT2D eigenvalue weighted by atomic mass is 10.0. The Bertz CT molecular complexity index is 1030. The predicted octanol–water partition coefficient (Wildman–Crippen LogP) is 2.45. The van der Waals surface area contributed by atoms with E-state index in [1.54, 1.807) is 4.57 Å². The number of aromatic nitrogens is 1. The molecule has 2 aromatic rings. The number of aromatic carboxylic acids is 1. The van der Waals surface area contributed by atoms with Gasteiger partial charge in [-0.05, 0) is 25.3 Å². The van der Waals surface area contributed by atoms with Crippen molar-refractivity contribution in [3.63, 3.8) is 0 Å². The molecule has 1 saturated heterocycles. The van der Waals surface area contributed by atoms with E-state index in [1.807, 2.05) is 0 Å². The van der Waals surface area contributed by atoms with Crippen LogP contribution in [0.2, 0.25) is 0 Å². The normalized spacial score (nSPS) is 17.1. The molecule has 0 atom stereocenters. The molecule has 7 nitrogen and oxygen atoms in total. The molecule has 4 rings (SSSR count). The van der Waals surface area contributed by atoms with Crippen LogP contribution in [0.1, 0.15) is 47.6 Å². The van der Waals surface area contributed by atoms with Gasteiger partial charge in [-0.2, -0.15) is 0 Å². The first-order valence-corrected chi connectivity index (χ1v) is 8.86. The summed E-state index contributed by atoms with van der Waals surface area (Å²) in [4.78, 5) is 37.8. The van der Waals surface area contributed by atoms with Crippen molar-refractivity contribution < 1.29 is 23.8 Å². The largest absolute Gasteiger partial charge is 0.477 e. The Hall–Kier alpha value is -2.74. The number of rotatable bonds is 5. The van der Waals surface area contributed by atoms with Crippen molar-refractivity contribution in [1.29, 1.82) is 0 Å². The van der Waals surface area contributed by atoms with E-state index in [0.717, 1.165) is 18.9 Å². The van der Waals surface area contributed by atoms with Gasteiger partial charge in [0.05, 0.1) is 17.8 Å². The summed E-state index contributed by atoms with van der Waals surface area (Å²) in [7, 11) is 1.46. The zero-order valence-corrected chi connectivity index (χ0v) is 14.8. The van der Waals surface area contributed by atoms with Gasteiger partial charge in [0.25, 0.3) is 0 Å². The lowest BCUT2D eigenvalue weighted by molar-refractivity contribution is -0.117. The van der Waals surface area contributed by atoms with Crippen molar-refractivity contribution in [3.05, 3.63) is 39.4 Å². The van der Waals surface area contributed by atoms with E-state index < -0.39 is 17.2 Å². The first kappa shape index (κ1) is 17.7. The number of benzene rings is 1. The van der Waals surface area contributed by atoms with Crippen LogP contribution in [0.5, 0.6) is 0 Å². The number of carboxylic acid groups (broad SMARTS) is 1. The van der Waals surface area contributed by atoms with E-state index in [9.17, 15) is 19.5 Å². The monoisotopic (exact) mass is 374 g/mol. The van der Waals surface area contributed by atoms with Gasteiger partial charge < -0.3 is 19.3 Å². The summed E-state index contributed by atoms with van der Waals surface area (Å²) in [6.07, 6.45) is 4.00. The molecule has 1 aromatic carbocycles. The van der Waals surface area contributed by atoms with Gasteiger partial charge in [0.2, 0.25) is 11.3 Å². The Balaban J connectivity index is 2.11. The van der Waals surface area contributed by atoms with Crippen LogP contribution in [-0.2, 0) is 16.1 Å². The number of hydrogen-bond acceptors (Lipinski definition) is 4. The van der Waals surface area contributed by atoms with Gasteiger partial charge in [-0.25, -0.2) is 9.18 Å². The van der Waals surface area contributed by atoms with Crippen LogP contribution in [-0.4, -0.2) is 35.2 Å². The molecule has 0 radical (unpaired) electrons. The van der Waals surface area contributed by atoms with Gasteiger partial charge in [-0.15, -0.1) is 0 Å². The number of carboxylic acids is 1. The summed E-state index contributed by atoms with van der Waals surface area (Å²) in [5, 5.41) is 9.37. The number of halogens is 1. The maximum atomic E-state index is 15.0. The highest BCUT2D eigenvalue weighted by Crippen LogP contribution is 2.41. The average molecular weight is 374 g/mol. The Morgan fingerprint density at radius 2 is 2.11 bits per heavy atom. The number of anilines is 1. The summed E-state index contributed by atoms with van der Waals surface area (Å²) in [6.45, 7) is 0.408. The van der Waals surface area contributed by atoms with Crippen molar-refractivity contribution in [3.8, 4) is 0 Å². The molecule has 1 saturated carbocycles. The summed E-state index contributed by atoms with van der Waals surface area (Å²) >= 11 is 0. The standard InChI is InChI=1S/C19H19FN2O5/c1-27-9-13-16-11(7-14(20)17(13)21-6-2-3-15(21)23)18(24)12(19(25)26)8-22(16)10-4-5-10/h7-8,10H,2-6,9H2,1H3,(H,25,26). The third kappa shape index (κ3) is 2.80. The Kier molecular flexibility index (Phi) is 4.22. The molecule has 2 aliphatic rings. The number of carbonyl (C=O) groups excluding carboxylic acids is 1. The van der Waals surface area contributed by atoms with Crippen molar-refractivity contribution in [2.75, 3.05) is 18.6 Å². The van der Waals surface area contributed by atoms with Gasteiger partial charge >= 0.3 is 5.97 Å². The minimum absolute atomic E-state index is 0.00162. The first-order valence-electron chi connectivity index (χ1n) is 8.86. The molecule has 142 valence electrons. The summed E-state index contributed by atoms with van der Waals surface area (Å²) in [6, 6.07) is 1.11. The molecule has 0 spiro atoms. The summed E-state index contributed by atoms with van der Waals surface area (Å²) in [5.74, 6) is -2.23. The highest BCUT2D eigenvalue weighted by molar-refractivity contribution is 6.01. The van der Waals surface area contributed by atoms with Crippen LogP contribution >= 0.6 is 0 Å². The second-order valence-corrected chi connectivity index (χ2v) is 6.98. The molecule has 1 N–H and O–H groups in total. The lowest BCUT2D eigenvalue weighted by Crippen LogP contribution is -2.28. The third-order valence-corrected chi connectivity index (χ3v) is 5.14.